The van der Waals surface area contributed by atoms with Crippen LogP contribution in [0, 0.1) is 0 Å². The van der Waals surface area contributed by atoms with Crippen LogP contribution in [0.1, 0.15) is 11.3 Å². The quantitative estimate of drug-likeness (QED) is 0.753. The molecule has 2 aromatic carbocycles. The highest BCUT2D eigenvalue weighted by Gasteiger charge is 2.06. The first kappa shape index (κ1) is 15.5. The lowest BCUT2D eigenvalue weighted by atomic mass is 10.1. The number of aromatic amines is 1. The maximum Gasteiger partial charge on any atom is 0.274 e. The smallest absolute Gasteiger partial charge is 0.274 e. The van der Waals surface area contributed by atoms with Crippen LogP contribution in [-0.4, -0.2) is 15.2 Å². The molecule has 2 N–H and O–H groups in total. The van der Waals surface area contributed by atoms with E-state index in [1.165, 1.54) is 0 Å². The third kappa shape index (κ3) is 4.09. The lowest BCUT2D eigenvalue weighted by Gasteiger charge is -2.06. The van der Waals surface area contributed by atoms with Crippen LogP contribution in [-0.2, 0) is 6.42 Å². The average molecular weight is 347 g/mol. The third-order valence-corrected chi connectivity index (χ3v) is 3.62. The number of halogens is 2. The number of benzene rings is 2. The zero-order valence-electron chi connectivity index (χ0n) is 11.9. The zero-order valence-corrected chi connectivity index (χ0v) is 13.4. The van der Waals surface area contributed by atoms with Gasteiger partial charge in [0.2, 0.25) is 5.95 Å². The van der Waals surface area contributed by atoms with Gasteiger partial charge in [-0.15, -0.1) is 10.2 Å². The minimum absolute atomic E-state index is 0.261. The molecule has 0 unspecified atom stereocenters. The van der Waals surface area contributed by atoms with Gasteiger partial charge in [-0.05, 0) is 35.9 Å². The Morgan fingerprint density at radius 3 is 2.48 bits per heavy atom. The summed E-state index contributed by atoms with van der Waals surface area (Å²) in [6.07, 6.45) is 0.386. The average Bonchev–Trinajstić information content (AvgIpc) is 2.52. The summed E-state index contributed by atoms with van der Waals surface area (Å²) in [4.78, 5) is 14.8. The van der Waals surface area contributed by atoms with Crippen LogP contribution in [0.3, 0.4) is 0 Å². The van der Waals surface area contributed by atoms with E-state index in [1.807, 2.05) is 18.2 Å². The zero-order chi connectivity index (χ0) is 16.2. The molecule has 0 atom stereocenters. The minimum Gasteiger partial charge on any atom is -0.324 e. The van der Waals surface area contributed by atoms with Gasteiger partial charge in [-0.3, -0.25) is 9.78 Å². The molecule has 3 aromatic rings. The second-order valence-corrected chi connectivity index (χ2v) is 5.76. The highest BCUT2D eigenvalue weighted by Crippen LogP contribution is 2.17. The molecule has 5 nitrogen and oxygen atoms in total. The third-order valence-electron chi connectivity index (χ3n) is 3.14. The predicted molar refractivity (Wildman–Crippen MR) is 91.6 cm³/mol. The maximum absolute atomic E-state index is 12.1. The van der Waals surface area contributed by atoms with Crippen LogP contribution in [0.2, 0.25) is 10.0 Å². The van der Waals surface area contributed by atoms with Gasteiger partial charge in [-0.25, -0.2) is 0 Å². The number of hydrogen-bond donors (Lipinski definition) is 2. The number of H-pyrrole nitrogens is 1. The van der Waals surface area contributed by atoms with E-state index < -0.39 is 0 Å². The highest BCUT2D eigenvalue weighted by atomic mass is 35.5. The normalized spacial score (nSPS) is 10.5. The molecule has 0 spiro atoms. The van der Waals surface area contributed by atoms with E-state index in [-0.39, 0.29) is 11.5 Å². The molecule has 3 rings (SSSR count). The molecule has 0 saturated carbocycles. The monoisotopic (exact) mass is 346 g/mol. The van der Waals surface area contributed by atoms with Crippen molar-refractivity contribution < 1.29 is 0 Å². The van der Waals surface area contributed by atoms with Gasteiger partial charge >= 0.3 is 0 Å². The van der Waals surface area contributed by atoms with Crippen LogP contribution in [0.5, 0.6) is 0 Å². The summed E-state index contributed by atoms with van der Waals surface area (Å²) < 4.78 is 0. The first-order valence-electron chi connectivity index (χ1n) is 6.83. The van der Waals surface area contributed by atoms with Crippen LogP contribution in [0.4, 0.5) is 11.6 Å². The standard InChI is InChI=1S/C16H12Cl2N4O/c17-11-6-4-10(5-7-11)8-14-15(23)20-16(22-21-14)19-13-3-1-2-12(18)9-13/h1-7,9H,8H2,(H2,19,20,22,23). The van der Waals surface area contributed by atoms with E-state index in [9.17, 15) is 4.79 Å². The Morgan fingerprint density at radius 2 is 1.78 bits per heavy atom. The van der Waals surface area contributed by atoms with Gasteiger partial charge in [0, 0.05) is 22.2 Å². The minimum atomic E-state index is -0.292. The van der Waals surface area contributed by atoms with Crippen molar-refractivity contribution in [3.63, 3.8) is 0 Å². The van der Waals surface area contributed by atoms with Gasteiger partial charge < -0.3 is 5.32 Å². The van der Waals surface area contributed by atoms with Gasteiger partial charge in [0.05, 0.1) is 0 Å². The van der Waals surface area contributed by atoms with E-state index in [1.54, 1.807) is 30.3 Å². The highest BCUT2D eigenvalue weighted by molar-refractivity contribution is 6.31. The summed E-state index contributed by atoms with van der Waals surface area (Å²) in [5.74, 6) is 0.261. The molecule has 0 saturated heterocycles. The summed E-state index contributed by atoms with van der Waals surface area (Å²) in [6, 6.07) is 14.3. The van der Waals surface area contributed by atoms with Crippen molar-refractivity contribution in [2.45, 2.75) is 6.42 Å². The Hall–Kier alpha value is -2.37. The lowest BCUT2D eigenvalue weighted by molar-refractivity contribution is 0.874. The molecule has 0 aliphatic heterocycles. The van der Waals surface area contributed by atoms with Crippen LogP contribution < -0.4 is 10.9 Å². The Morgan fingerprint density at radius 1 is 1.00 bits per heavy atom. The number of aromatic nitrogens is 3. The van der Waals surface area contributed by atoms with Gasteiger partial charge in [0.15, 0.2) is 0 Å². The molecule has 0 bridgehead atoms. The van der Waals surface area contributed by atoms with Crippen LogP contribution in [0.15, 0.2) is 53.3 Å². The Bertz CT molecular complexity index is 878. The van der Waals surface area contributed by atoms with Crippen molar-refractivity contribution in [2.24, 2.45) is 0 Å². The van der Waals surface area contributed by atoms with E-state index in [0.717, 1.165) is 5.56 Å². The molecule has 0 fully saturated rings. The fourth-order valence-electron chi connectivity index (χ4n) is 2.03. The first-order chi connectivity index (χ1) is 11.1. The van der Waals surface area contributed by atoms with Gasteiger partial charge in [0.25, 0.3) is 5.56 Å². The van der Waals surface area contributed by atoms with Gasteiger partial charge in [0.1, 0.15) is 5.69 Å². The van der Waals surface area contributed by atoms with Crippen molar-refractivity contribution in [1.29, 1.82) is 0 Å². The van der Waals surface area contributed by atoms with E-state index in [2.05, 4.69) is 20.5 Å². The summed E-state index contributed by atoms with van der Waals surface area (Å²) in [5.41, 5.74) is 1.70. The largest absolute Gasteiger partial charge is 0.324 e. The molecule has 23 heavy (non-hydrogen) atoms. The lowest BCUT2D eigenvalue weighted by Crippen LogP contribution is -2.18. The van der Waals surface area contributed by atoms with Crippen molar-refractivity contribution in [3.05, 3.63) is 80.2 Å². The predicted octanol–water partition coefficient (Wildman–Crippen LogP) is 3.81. The Labute approximate surface area is 142 Å². The molecule has 1 heterocycles. The number of hydrogen-bond acceptors (Lipinski definition) is 4. The fraction of sp³-hybridized carbons (Fsp3) is 0.0625. The second-order valence-electron chi connectivity index (χ2n) is 4.89. The second kappa shape index (κ2) is 6.81. The Balaban J connectivity index is 1.78. The van der Waals surface area contributed by atoms with Crippen molar-refractivity contribution in [2.75, 3.05) is 5.32 Å². The van der Waals surface area contributed by atoms with Crippen molar-refractivity contribution in [1.82, 2.24) is 15.2 Å². The maximum atomic E-state index is 12.1. The van der Waals surface area contributed by atoms with E-state index in [4.69, 9.17) is 23.2 Å². The number of nitrogens with zero attached hydrogens (tertiary/aromatic N) is 2. The molecule has 0 aliphatic rings. The molecule has 0 aliphatic carbocycles. The Kier molecular flexibility index (Phi) is 4.60. The van der Waals surface area contributed by atoms with E-state index >= 15 is 0 Å². The molecular formula is C16H12Cl2N4O. The molecule has 116 valence electrons. The van der Waals surface area contributed by atoms with Crippen LogP contribution >= 0.6 is 23.2 Å². The summed E-state index contributed by atoms with van der Waals surface area (Å²) >= 11 is 11.8. The number of nitrogens with one attached hydrogen (secondary N) is 2. The molecule has 0 amide bonds. The van der Waals surface area contributed by atoms with Crippen LogP contribution in [0.25, 0.3) is 0 Å². The topological polar surface area (TPSA) is 70.7 Å². The van der Waals surface area contributed by atoms with E-state index in [0.29, 0.717) is 27.8 Å². The molecular weight excluding hydrogens is 335 g/mol. The van der Waals surface area contributed by atoms with Gasteiger partial charge in [-0.2, -0.15) is 0 Å². The summed E-state index contributed by atoms with van der Waals surface area (Å²) in [5, 5.41) is 12.2. The summed E-state index contributed by atoms with van der Waals surface area (Å²) in [7, 11) is 0. The first-order valence-corrected chi connectivity index (χ1v) is 7.59. The number of rotatable bonds is 4. The molecule has 1 aromatic heterocycles. The van der Waals surface area contributed by atoms with Crippen molar-refractivity contribution in [3.8, 4) is 0 Å². The SMILES string of the molecule is O=c1[nH]c(Nc2cccc(Cl)c2)nnc1Cc1ccc(Cl)cc1. The van der Waals surface area contributed by atoms with Crippen molar-refractivity contribution >= 4 is 34.8 Å². The molecule has 0 radical (unpaired) electrons. The van der Waals surface area contributed by atoms with Gasteiger partial charge in [-0.1, -0.05) is 41.4 Å². The molecule has 7 heteroatoms. The summed E-state index contributed by atoms with van der Waals surface area (Å²) in [6.45, 7) is 0. The fourth-order valence-corrected chi connectivity index (χ4v) is 2.35. The number of anilines is 2.